The van der Waals surface area contributed by atoms with Crippen LogP contribution in [0.5, 0.6) is 5.75 Å². The Hall–Kier alpha value is -3.91. The maximum absolute atomic E-state index is 13.5. The maximum atomic E-state index is 13.5. The van der Waals surface area contributed by atoms with E-state index in [-0.39, 0.29) is 23.7 Å². The highest BCUT2D eigenvalue weighted by atomic mass is 19.4. The van der Waals surface area contributed by atoms with Crippen LogP contribution in [0.1, 0.15) is 74.8 Å². The van der Waals surface area contributed by atoms with Crippen LogP contribution in [-0.4, -0.2) is 49.8 Å². The molecule has 0 aromatic heterocycles. The van der Waals surface area contributed by atoms with E-state index in [9.17, 15) is 49.1 Å². The van der Waals surface area contributed by atoms with Crippen molar-refractivity contribution >= 4 is 23.3 Å². The van der Waals surface area contributed by atoms with Crippen molar-refractivity contribution in [3.05, 3.63) is 64.2 Å². The minimum Gasteiger partial charge on any atom is -0.496 e. The topological polar surface area (TPSA) is 59.1 Å². The van der Waals surface area contributed by atoms with Crippen LogP contribution in [0.2, 0.25) is 0 Å². The van der Waals surface area contributed by atoms with Crippen molar-refractivity contribution in [2.24, 2.45) is 5.41 Å². The van der Waals surface area contributed by atoms with Crippen molar-refractivity contribution in [1.82, 2.24) is 4.90 Å². The molecule has 0 radical (unpaired) electrons. The Morgan fingerprint density at radius 1 is 1.00 bits per heavy atom. The van der Waals surface area contributed by atoms with Gasteiger partial charge in [-0.3, -0.25) is 9.69 Å². The number of rotatable bonds is 7. The van der Waals surface area contributed by atoms with Gasteiger partial charge in [0.2, 0.25) is 5.91 Å². The van der Waals surface area contributed by atoms with Crippen LogP contribution in [-0.2, 0) is 21.9 Å². The number of nitrogens with zero attached hydrogens (tertiary/aromatic N) is 2. The molecule has 2 aromatic carbocycles. The van der Waals surface area contributed by atoms with Crippen LogP contribution in [0.15, 0.2) is 42.0 Å². The van der Waals surface area contributed by atoms with Crippen LogP contribution in [0.4, 0.5) is 50.0 Å². The zero-order valence-corrected chi connectivity index (χ0v) is 26.1. The lowest BCUT2D eigenvalue weighted by molar-refractivity contribution is -0.152. The van der Waals surface area contributed by atoms with E-state index in [1.54, 1.807) is 0 Å². The molecule has 2 aromatic rings. The van der Waals surface area contributed by atoms with E-state index in [0.717, 1.165) is 4.90 Å². The predicted octanol–water partition coefficient (Wildman–Crippen LogP) is 9.19. The Morgan fingerprint density at radius 3 is 2.13 bits per heavy atom. The standard InChI is InChI=1S/C32H33F9N2O4/c1-17-27(18-10-20(31(36,37)38)12-21(11-18)32(39,40)41)47-28(45)43(17)16-19-14-29(2,3)9-8-23(19)24-13-22(6-7-25(24)46-5)42(4)26(44)15-30(33,34)35/h6-7,10-13,17,27H,8-9,14-16H2,1-5H3/t17-,27-/m0/s1. The number of amides is 2. The molecule has 0 bridgehead atoms. The molecule has 1 heterocycles. The summed E-state index contributed by atoms with van der Waals surface area (Å²) < 4.78 is 131. The Bertz CT molecular complexity index is 1530. The van der Waals surface area contributed by atoms with Gasteiger partial charge in [-0.1, -0.05) is 13.8 Å². The molecule has 4 rings (SSSR count). The van der Waals surface area contributed by atoms with Crippen molar-refractivity contribution in [1.29, 1.82) is 0 Å². The average Bonchev–Trinajstić information content (AvgIpc) is 3.22. The molecule has 2 aliphatic rings. The molecular formula is C32H33F9N2O4. The van der Waals surface area contributed by atoms with Gasteiger partial charge in [-0.15, -0.1) is 0 Å². The van der Waals surface area contributed by atoms with Crippen LogP contribution in [0, 0.1) is 5.41 Å². The van der Waals surface area contributed by atoms with Gasteiger partial charge in [0.25, 0.3) is 0 Å². The predicted molar refractivity (Wildman–Crippen MR) is 153 cm³/mol. The summed E-state index contributed by atoms with van der Waals surface area (Å²) >= 11 is 0. The second kappa shape index (κ2) is 12.6. The lowest BCUT2D eigenvalue weighted by Gasteiger charge is -2.36. The summed E-state index contributed by atoms with van der Waals surface area (Å²) in [6.07, 6.45) is -17.4. The van der Waals surface area contributed by atoms with Crippen molar-refractivity contribution in [2.75, 3.05) is 25.6 Å². The summed E-state index contributed by atoms with van der Waals surface area (Å²) in [5, 5.41) is 0. The second-order valence-electron chi connectivity index (χ2n) is 12.6. The Kier molecular flexibility index (Phi) is 9.64. The van der Waals surface area contributed by atoms with E-state index in [0.29, 0.717) is 53.9 Å². The number of carbonyl (C=O) groups is 2. The Morgan fingerprint density at radius 2 is 1.60 bits per heavy atom. The minimum absolute atomic E-state index is 0.000464. The SMILES string of the molecule is COc1ccc(N(C)C(=O)CC(F)(F)F)cc1C1=C(CN2C(=O)O[C@H](c3cc(C(F)(F)F)cc(C(F)(F)F)c3)[C@@H]2C)CC(C)(C)CC1. The van der Waals surface area contributed by atoms with Gasteiger partial charge in [-0.2, -0.15) is 39.5 Å². The molecule has 2 atom stereocenters. The first-order valence-electron chi connectivity index (χ1n) is 14.5. The first kappa shape index (κ1) is 35.9. The monoisotopic (exact) mass is 680 g/mol. The van der Waals surface area contributed by atoms with Gasteiger partial charge in [0.05, 0.1) is 24.3 Å². The van der Waals surface area contributed by atoms with Gasteiger partial charge >= 0.3 is 24.6 Å². The number of methoxy groups -OCH3 is 1. The van der Waals surface area contributed by atoms with Crippen molar-refractivity contribution in [3.63, 3.8) is 0 Å². The molecule has 1 aliphatic carbocycles. The van der Waals surface area contributed by atoms with Crippen LogP contribution < -0.4 is 9.64 Å². The number of alkyl halides is 9. The number of ether oxygens (including phenoxy) is 2. The fourth-order valence-corrected chi connectivity index (χ4v) is 5.97. The maximum Gasteiger partial charge on any atom is 0.416 e. The van der Waals surface area contributed by atoms with Gasteiger partial charge in [-0.05, 0) is 84.7 Å². The third-order valence-electron chi connectivity index (χ3n) is 8.48. The summed E-state index contributed by atoms with van der Waals surface area (Å²) in [5.74, 6) is -0.841. The summed E-state index contributed by atoms with van der Waals surface area (Å²) in [7, 11) is 2.60. The van der Waals surface area contributed by atoms with Crippen LogP contribution in [0.3, 0.4) is 0 Å². The summed E-state index contributed by atoms with van der Waals surface area (Å²) in [4.78, 5) is 27.6. The highest BCUT2D eigenvalue weighted by Crippen LogP contribution is 2.47. The van der Waals surface area contributed by atoms with E-state index in [4.69, 9.17) is 9.47 Å². The van der Waals surface area contributed by atoms with Gasteiger partial charge in [0, 0.05) is 24.8 Å². The Balaban J connectivity index is 1.74. The molecule has 6 nitrogen and oxygen atoms in total. The van der Waals surface area contributed by atoms with E-state index in [1.165, 1.54) is 44.2 Å². The highest BCUT2D eigenvalue weighted by molar-refractivity contribution is 5.94. The third-order valence-corrected chi connectivity index (χ3v) is 8.48. The first-order chi connectivity index (χ1) is 21.5. The number of benzene rings is 2. The number of halogens is 9. The molecule has 0 unspecified atom stereocenters. The average molecular weight is 681 g/mol. The van der Waals surface area contributed by atoms with Crippen LogP contribution >= 0.6 is 0 Å². The van der Waals surface area contributed by atoms with Gasteiger partial charge in [-0.25, -0.2) is 4.79 Å². The number of carbonyl (C=O) groups excluding carboxylic acids is 2. The van der Waals surface area contributed by atoms with Gasteiger partial charge in [0.15, 0.2) is 0 Å². The molecule has 258 valence electrons. The molecule has 2 amide bonds. The quantitative estimate of drug-likeness (QED) is 0.274. The number of hydrogen-bond donors (Lipinski definition) is 0. The lowest BCUT2D eigenvalue weighted by atomic mass is 9.72. The van der Waals surface area contributed by atoms with Gasteiger partial charge in [0.1, 0.15) is 18.3 Å². The zero-order valence-electron chi connectivity index (χ0n) is 26.1. The fourth-order valence-electron chi connectivity index (χ4n) is 5.97. The molecule has 0 spiro atoms. The zero-order chi connectivity index (χ0) is 35.3. The smallest absolute Gasteiger partial charge is 0.416 e. The molecule has 0 N–H and O–H groups in total. The molecular weight excluding hydrogens is 647 g/mol. The van der Waals surface area contributed by atoms with E-state index < -0.39 is 65.8 Å². The fraction of sp³-hybridized carbons (Fsp3) is 0.500. The number of hydrogen-bond acceptors (Lipinski definition) is 4. The largest absolute Gasteiger partial charge is 0.496 e. The van der Waals surface area contributed by atoms with E-state index in [2.05, 4.69) is 0 Å². The molecule has 0 saturated carbocycles. The molecule has 47 heavy (non-hydrogen) atoms. The number of allylic oxidation sites excluding steroid dienone is 1. The summed E-state index contributed by atoms with van der Waals surface area (Å²) in [5.41, 5.74) is -1.82. The molecule has 1 fully saturated rings. The molecule has 15 heteroatoms. The van der Waals surface area contributed by atoms with E-state index >= 15 is 0 Å². The lowest BCUT2D eigenvalue weighted by Crippen LogP contribution is -2.35. The van der Waals surface area contributed by atoms with Gasteiger partial charge < -0.3 is 14.4 Å². The number of anilines is 1. The van der Waals surface area contributed by atoms with E-state index in [1.807, 2.05) is 13.8 Å². The second-order valence-corrected chi connectivity index (χ2v) is 12.6. The molecule has 1 saturated heterocycles. The first-order valence-corrected chi connectivity index (χ1v) is 14.5. The van der Waals surface area contributed by atoms with Crippen molar-refractivity contribution < 1.29 is 58.6 Å². The third kappa shape index (κ3) is 8.15. The Labute approximate surface area is 265 Å². The van der Waals surface area contributed by atoms with Crippen LogP contribution in [0.25, 0.3) is 5.57 Å². The van der Waals surface area contributed by atoms with Crippen molar-refractivity contribution in [2.45, 2.75) is 77.1 Å². The molecule has 1 aliphatic heterocycles. The highest BCUT2D eigenvalue weighted by Gasteiger charge is 2.44. The summed E-state index contributed by atoms with van der Waals surface area (Å²) in [6.45, 7) is 5.32. The minimum atomic E-state index is -5.09. The van der Waals surface area contributed by atoms with Crippen molar-refractivity contribution in [3.8, 4) is 5.75 Å². The normalized spacial score (nSPS) is 20.4. The summed E-state index contributed by atoms with van der Waals surface area (Å²) in [6, 6.07) is 4.53. The number of cyclic esters (lactones) is 1.